The number of ether oxygens (including phenoxy) is 1. The van der Waals surface area contributed by atoms with Crippen molar-refractivity contribution in [3.63, 3.8) is 0 Å². The number of hydrogen-bond acceptors (Lipinski definition) is 4. The number of nitrogens with one attached hydrogen (secondary N) is 1. The van der Waals surface area contributed by atoms with E-state index in [-0.39, 0.29) is 22.5 Å². The number of sulfonamides is 1. The van der Waals surface area contributed by atoms with Gasteiger partial charge in [0.25, 0.3) is 0 Å². The molecule has 0 aromatic heterocycles. The largest absolute Gasteiger partial charge is 0.523 e. The van der Waals surface area contributed by atoms with Gasteiger partial charge in [0.1, 0.15) is 25.1 Å². The van der Waals surface area contributed by atoms with E-state index in [1.165, 1.54) is 12.1 Å². The van der Waals surface area contributed by atoms with Crippen LogP contribution in [-0.4, -0.2) is 32.3 Å². The van der Waals surface area contributed by atoms with Crippen molar-refractivity contribution in [2.45, 2.75) is 44.7 Å². The highest BCUT2D eigenvalue weighted by atomic mass is 32.2. The molecule has 1 unspecified atom stereocenters. The lowest BCUT2D eigenvalue weighted by atomic mass is 10.0. The minimum Gasteiger partial charge on any atom is -0.481 e. The second kappa shape index (κ2) is 11.2. The van der Waals surface area contributed by atoms with Crippen LogP contribution in [0.4, 0.5) is 10.5 Å². The Morgan fingerprint density at radius 2 is 1.74 bits per heavy atom. The number of hydrogen-bond donors (Lipinski definition) is 2. The average molecular weight is 532 g/mol. The Morgan fingerprint density at radius 3 is 2.39 bits per heavy atom. The van der Waals surface area contributed by atoms with Crippen LogP contribution < -0.4 is 13.9 Å². The lowest BCUT2D eigenvalue weighted by Crippen LogP contribution is -2.46. The molecule has 1 heterocycles. The van der Waals surface area contributed by atoms with Crippen LogP contribution in [0.25, 0.3) is 5.57 Å². The van der Waals surface area contributed by atoms with E-state index in [1.807, 2.05) is 55.5 Å². The van der Waals surface area contributed by atoms with Crippen molar-refractivity contribution >= 4 is 27.4 Å². The van der Waals surface area contributed by atoms with Crippen LogP contribution in [0.15, 0.2) is 83.9 Å². The molecule has 3 aromatic carbocycles. The first-order valence-corrected chi connectivity index (χ1v) is 13.8. The maximum absolute atomic E-state index is 13.0. The molecule has 38 heavy (non-hydrogen) atoms. The fourth-order valence-corrected chi connectivity index (χ4v) is 5.85. The van der Waals surface area contributed by atoms with Gasteiger partial charge in [0.15, 0.2) is 5.69 Å². The molecule has 0 bridgehead atoms. The zero-order valence-electron chi connectivity index (χ0n) is 21.6. The fraction of sp³-hybridized carbons (Fsp3) is 0.233. The Morgan fingerprint density at radius 1 is 1.05 bits per heavy atom. The second-order valence-electron chi connectivity index (χ2n) is 9.38. The topological polar surface area (TPSA) is 92.7 Å². The first-order chi connectivity index (χ1) is 18.1. The lowest BCUT2D eigenvalue weighted by Gasteiger charge is -2.26. The van der Waals surface area contributed by atoms with Crippen molar-refractivity contribution < 1.29 is 23.1 Å². The molecule has 0 aliphatic carbocycles. The predicted molar refractivity (Wildman–Crippen MR) is 149 cm³/mol. The minimum atomic E-state index is -3.80. The van der Waals surface area contributed by atoms with Gasteiger partial charge in [-0.05, 0) is 57.5 Å². The summed E-state index contributed by atoms with van der Waals surface area (Å²) in [5.74, 6) is 6.06. The van der Waals surface area contributed by atoms with Crippen molar-refractivity contribution in [3.05, 3.63) is 95.7 Å². The Balaban J connectivity index is 1.56. The van der Waals surface area contributed by atoms with Gasteiger partial charge in [-0.1, -0.05) is 47.9 Å². The number of nitrogens with zero attached hydrogens (tertiary/aromatic N) is 1. The SMILES string of the molecule is CC#CCOc1ccc(S(=O)(=O)N[C@H](C)CC2=C[N+](Cc3ccc(C)cc3)(C(=O)O)c3ccccc32)cc1. The molecule has 0 saturated carbocycles. The van der Waals surface area contributed by atoms with Crippen LogP contribution >= 0.6 is 0 Å². The molecule has 8 heteroatoms. The summed E-state index contributed by atoms with van der Waals surface area (Å²) in [5, 5.41) is 10.4. The van der Waals surface area contributed by atoms with Gasteiger partial charge in [0, 0.05) is 28.8 Å². The first-order valence-electron chi connectivity index (χ1n) is 12.3. The Hall–Kier alpha value is -3.90. The van der Waals surface area contributed by atoms with Gasteiger partial charge in [0.2, 0.25) is 10.0 Å². The van der Waals surface area contributed by atoms with Crippen molar-refractivity contribution in [2.75, 3.05) is 6.61 Å². The highest BCUT2D eigenvalue weighted by Gasteiger charge is 2.46. The number of benzene rings is 3. The van der Waals surface area contributed by atoms with Crippen molar-refractivity contribution in [1.29, 1.82) is 0 Å². The molecule has 4 rings (SSSR count). The smallest absolute Gasteiger partial charge is 0.481 e. The molecule has 7 nitrogen and oxygen atoms in total. The Bertz CT molecular complexity index is 1520. The van der Waals surface area contributed by atoms with Crippen LogP contribution in [-0.2, 0) is 16.6 Å². The number of carboxylic acid groups (broad SMARTS) is 1. The summed E-state index contributed by atoms with van der Waals surface area (Å²) in [5.41, 5.74) is 4.25. The third-order valence-electron chi connectivity index (χ3n) is 6.45. The molecule has 0 saturated heterocycles. The van der Waals surface area contributed by atoms with E-state index in [0.717, 1.165) is 22.3 Å². The predicted octanol–water partition coefficient (Wildman–Crippen LogP) is 5.69. The quantitative estimate of drug-likeness (QED) is 0.273. The molecule has 0 fully saturated rings. The summed E-state index contributed by atoms with van der Waals surface area (Å²) in [6.45, 7) is 5.96. The van der Waals surface area contributed by atoms with Crippen LogP contribution in [0.1, 0.15) is 37.0 Å². The average Bonchev–Trinajstić information content (AvgIpc) is 3.20. The number of carbonyl (C=O) groups is 1. The van der Waals surface area contributed by atoms with Crippen molar-refractivity contribution in [3.8, 4) is 17.6 Å². The minimum absolute atomic E-state index is 0.120. The summed E-state index contributed by atoms with van der Waals surface area (Å²) in [7, 11) is -3.80. The molecule has 1 aliphatic heterocycles. The summed E-state index contributed by atoms with van der Waals surface area (Å²) in [6.07, 6.45) is 1.07. The zero-order chi connectivity index (χ0) is 27.3. The normalized spacial score (nSPS) is 17.1. The van der Waals surface area contributed by atoms with Gasteiger partial charge >= 0.3 is 6.09 Å². The van der Waals surface area contributed by atoms with Gasteiger partial charge in [-0.25, -0.2) is 13.1 Å². The van der Waals surface area contributed by atoms with E-state index in [0.29, 0.717) is 17.9 Å². The van der Waals surface area contributed by atoms with Crippen LogP contribution in [0.3, 0.4) is 0 Å². The molecular weight excluding hydrogens is 500 g/mol. The molecule has 1 aliphatic rings. The van der Waals surface area contributed by atoms with Crippen molar-refractivity contribution in [2.24, 2.45) is 0 Å². The molecule has 0 spiro atoms. The van der Waals surface area contributed by atoms with E-state index in [2.05, 4.69) is 16.6 Å². The monoisotopic (exact) mass is 531 g/mol. The summed E-state index contributed by atoms with van der Waals surface area (Å²) < 4.78 is 33.9. The van der Waals surface area contributed by atoms with E-state index < -0.39 is 22.2 Å². The maximum atomic E-state index is 13.0. The van der Waals surface area contributed by atoms with Crippen LogP contribution in [0.2, 0.25) is 0 Å². The zero-order valence-corrected chi connectivity index (χ0v) is 22.5. The van der Waals surface area contributed by atoms with Crippen molar-refractivity contribution in [1.82, 2.24) is 9.21 Å². The van der Waals surface area contributed by atoms with E-state index in [1.54, 1.807) is 32.2 Å². The highest BCUT2D eigenvalue weighted by molar-refractivity contribution is 7.89. The van der Waals surface area contributed by atoms with Gasteiger partial charge in [-0.2, -0.15) is 9.28 Å². The number of amides is 1. The van der Waals surface area contributed by atoms with Gasteiger partial charge in [-0.3, -0.25) is 0 Å². The lowest BCUT2D eigenvalue weighted by molar-refractivity contribution is 0.162. The number of rotatable bonds is 9. The number of para-hydroxylation sites is 1. The summed E-state index contributed by atoms with van der Waals surface area (Å²) in [6, 6.07) is 20.9. The molecule has 1 amide bonds. The number of quaternary nitrogens is 1. The Kier molecular flexibility index (Phi) is 8.02. The van der Waals surface area contributed by atoms with E-state index in [4.69, 9.17) is 4.74 Å². The summed E-state index contributed by atoms with van der Waals surface area (Å²) in [4.78, 5) is 12.8. The molecule has 2 atom stereocenters. The van der Waals surface area contributed by atoms with E-state index >= 15 is 0 Å². The highest BCUT2D eigenvalue weighted by Crippen LogP contribution is 2.43. The Labute approximate surface area is 224 Å². The maximum Gasteiger partial charge on any atom is 0.523 e. The van der Waals surface area contributed by atoms with E-state index in [9.17, 15) is 18.3 Å². The number of fused-ring (bicyclic) bond motifs is 1. The fourth-order valence-electron chi connectivity index (χ4n) is 4.61. The molecular formula is C30H31N2O5S+. The third kappa shape index (κ3) is 5.81. The molecule has 3 aromatic rings. The standard InChI is InChI=1S/C30H30N2O5S/c1-4-5-18-37-26-14-16-27(17-15-26)38(35,36)31-23(3)19-25-21-32(30(33)34,29-9-7-6-8-28(25)29)20-24-12-10-22(2)11-13-24/h6-17,21,23,31H,18-20H2,1-3H3/p+1/t23-,32?/m1/s1. The molecule has 196 valence electrons. The van der Waals surface area contributed by atoms with Crippen LogP contribution in [0, 0.1) is 18.8 Å². The molecule has 2 N–H and O–H groups in total. The van der Waals surface area contributed by atoms with Gasteiger partial charge in [-0.15, -0.1) is 5.92 Å². The second-order valence-corrected chi connectivity index (χ2v) is 11.1. The van der Waals surface area contributed by atoms with Gasteiger partial charge < -0.3 is 9.84 Å². The molecule has 0 radical (unpaired) electrons. The van der Waals surface area contributed by atoms with Crippen LogP contribution in [0.5, 0.6) is 5.75 Å². The first kappa shape index (κ1) is 27.1. The number of aryl methyl sites for hydroxylation is 1. The third-order valence-corrected chi connectivity index (χ3v) is 8.06. The van der Waals surface area contributed by atoms with Gasteiger partial charge in [0.05, 0.1) is 4.90 Å². The summed E-state index contributed by atoms with van der Waals surface area (Å²) >= 11 is 0.